The highest BCUT2D eigenvalue weighted by atomic mass is 16.7. The molecule has 2 heterocycles. The van der Waals surface area contributed by atoms with Crippen molar-refractivity contribution in [2.75, 3.05) is 6.54 Å². The first-order valence-corrected chi connectivity index (χ1v) is 10.1. The molecule has 0 atom stereocenters. The first-order chi connectivity index (χ1) is 13.9. The van der Waals surface area contributed by atoms with Crippen LogP contribution >= 0.6 is 0 Å². The van der Waals surface area contributed by atoms with E-state index in [0.29, 0.717) is 0 Å². The lowest BCUT2D eigenvalue weighted by Gasteiger charge is -2.32. The zero-order chi connectivity index (χ0) is 22.2. The number of carbonyl (C=O) groups excluding carboxylic acids is 1. The molecule has 1 N–H and O–H groups in total. The normalized spacial score (nSPS) is 18.5. The average molecular weight is 411 g/mol. The lowest BCUT2D eigenvalue weighted by molar-refractivity contribution is 0.00578. The van der Waals surface area contributed by atoms with Gasteiger partial charge in [-0.05, 0) is 71.6 Å². The number of hydrogen-bond acceptors (Lipinski definition) is 6. The molecule has 0 radical (unpaired) electrons. The summed E-state index contributed by atoms with van der Waals surface area (Å²) in [6, 6.07) is 5.81. The summed E-state index contributed by atoms with van der Waals surface area (Å²) in [5.41, 5.74) is 1.75. The van der Waals surface area contributed by atoms with Crippen LogP contribution in [0.25, 0.3) is 17.1 Å². The highest BCUT2D eigenvalue weighted by Gasteiger charge is 2.52. The lowest BCUT2D eigenvalue weighted by atomic mass is 9.77. The van der Waals surface area contributed by atoms with Gasteiger partial charge in [-0.1, -0.05) is 12.1 Å². The van der Waals surface area contributed by atoms with E-state index in [9.17, 15) is 4.79 Å². The van der Waals surface area contributed by atoms with Gasteiger partial charge in [-0.2, -0.15) is 0 Å². The van der Waals surface area contributed by atoms with Crippen molar-refractivity contribution >= 4 is 30.3 Å². The summed E-state index contributed by atoms with van der Waals surface area (Å²) in [5, 5.41) is 2.81. The largest absolute Gasteiger partial charge is 0.492 e. The van der Waals surface area contributed by atoms with Crippen LogP contribution in [0.15, 0.2) is 36.1 Å². The fourth-order valence-electron chi connectivity index (χ4n) is 2.97. The Kier molecular flexibility index (Phi) is 5.93. The molecular weight excluding hydrogens is 381 g/mol. The van der Waals surface area contributed by atoms with Crippen molar-refractivity contribution in [3.8, 4) is 0 Å². The van der Waals surface area contributed by atoms with E-state index in [2.05, 4.69) is 15.3 Å². The van der Waals surface area contributed by atoms with Crippen molar-refractivity contribution in [2.24, 2.45) is 0 Å². The first-order valence-electron chi connectivity index (χ1n) is 10.1. The molecule has 1 aromatic heterocycles. The van der Waals surface area contributed by atoms with Crippen molar-refractivity contribution in [3.05, 3.63) is 41.6 Å². The Morgan fingerprint density at radius 1 is 1.10 bits per heavy atom. The Hall–Kier alpha value is -2.45. The van der Waals surface area contributed by atoms with Crippen molar-refractivity contribution < 1.29 is 18.8 Å². The van der Waals surface area contributed by atoms with E-state index in [1.165, 1.54) is 0 Å². The number of alkyl carbamates (subject to hydrolysis) is 1. The minimum Gasteiger partial charge on any atom is -0.444 e. The van der Waals surface area contributed by atoms with Crippen LogP contribution in [0.5, 0.6) is 0 Å². The highest BCUT2D eigenvalue weighted by molar-refractivity contribution is 6.56. The van der Waals surface area contributed by atoms with Gasteiger partial charge >= 0.3 is 13.2 Å². The van der Waals surface area contributed by atoms with Crippen LogP contribution in [0.2, 0.25) is 0 Å². The first kappa shape index (κ1) is 22.2. The standard InChI is InChI=1S/C22H30BN3O4/c1-20(2,3)28-19(27)26-14-16(23-29-21(4,5)22(6,7)30-23)12-15-8-9-17-18(13-15)25-11-10-24-17/h8-13H,14H2,1-7H3,(H,26,27). The molecule has 1 aromatic carbocycles. The van der Waals surface area contributed by atoms with E-state index >= 15 is 0 Å². The number of carbonyl (C=O) groups is 1. The lowest BCUT2D eigenvalue weighted by Crippen LogP contribution is -2.41. The van der Waals surface area contributed by atoms with Crippen LogP contribution in [-0.4, -0.2) is 46.5 Å². The molecule has 30 heavy (non-hydrogen) atoms. The van der Waals surface area contributed by atoms with E-state index in [4.69, 9.17) is 14.0 Å². The van der Waals surface area contributed by atoms with Gasteiger partial charge in [0, 0.05) is 18.9 Å². The topological polar surface area (TPSA) is 82.6 Å². The summed E-state index contributed by atoms with van der Waals surface area (Å²) in [4.78, 5) is 20.9. The van der Waals surface area contributed by atoms with Gasteiger partial charge in [-0.15, -0.1) is 0 Å². The van der Waals surface area contributed by atoms with Crippen LogP contribution in [0, 0.1) is 0 Å². The fraction of sp³-hybridized carbons (Fsp3) is 0.500. The van der Waals surface area contributed by atoms with Gasteiger partial charge in [-0.25, -0.2) is 4.79 Å². The summed E-state index contributed by atoms with van der Waals surface area (Å²) in [6.07, 6.45) is 4.79. The van der Waals surface area contributed by atoms with Gasteiger partial charge < -0.3 is 19.4 Å². The van der Waals surface area contributed by atoms with E-state index in [-0.39, 0.29) is 6.54 Å². The number of hydrogen-bond donors (Lipinski definition) is 1. The molecule has 0 aliphatic carbocycles. The Bertz CT molecular complexity index is 950. The fourth-order valence-corrected chi connectivity index (χ4v) is 2.97. The van der Waals surface area contributed by atoms with Crippen LogP contribution in [0.3, 0.4) is 0 Å². The summed E-state index contributed by atoms with van der Waals surface area (Å²) in [7, 11) is -0.595. The van der Waals surface area contributed by atoms with Crippen LogP contribution in [0.4, 0.5) is 4.79 Å². The maximum Gasteiger partial charge on any atom is 0.492 e. The number of rotatable bonds is 4. The third-order valence-corrected chi connectivity index (χ3v) is 5.24. The van der Waals surface area contributed by atoms with E-state index in [1.54, 1.807) is 12.4 Å². The molecule has 0 saturated carbocycles. The Morgan fingerprint density at radius 3 is 2.30 bits per heavy atom. The number of nitrogens with one attached hydrogen (secondary N) is 1. The quantitative estimate of drug-likeness (QED) is 0.761. The second kappa shape index (κ2) is 8.00. The molecule has 1 saturated heterocycles. The molecule has 1 amide bonds. The van der Waals surface area contributed by atoms with Crippen LogP contribution < -0.4 is 5.32 Å². The second-order valence-corrected chi connectivity index (χ2v) is 9.47. The van der Waals surface area contributed by atoms with E-state index in [0.717, 1.165) is 22.1 Å². The van der Waals surface area contributed by atoms with Gasteiger partial charge in [0.1, 0.15) is 5.60 Å². The minimum absolute atomic E-state index is 0.226. The van der Waals surface area contributed by atoms with Crippen LogP contribution in [-0.2, 0) is 14.0 Å². The number of aromatic nitrogens is 2. The summed E-state index contributed by atoms with van der Waals surface area (Å²) in [6.45, 7) is 13.7. The summed E-state index contributed by atoms with van der Waals surface area (Å²) >= 11 is 0. The zero-order valence-corrected chi connectivity index (χ0v) is 18.8. The predicted molar refractivity (Wildman–Crippen MR) is 118 cm³/mol. The molecule has 3 rings (SSSR count). The van der Waals surface area contributed by atoms with Crippen LogP contribution in [0.1, 0.15) is 54.0 Å². The third-order valence-electron chi connectivity index (χ3n) is 5.24. The van der Waals surface area contributed by atoms with Gasteiger partial charge in [-0.3, -0.25) is 9.97 Å². The molecule has 1 fully saturated rings. The highest BCUT2D eigenvalue weighted by Crippen LogP contribution is 2.38. The number of fused-ring (bicyclic) bond motifs is 1. The average Bonchev–Trinajstić information content (AvgIpc) is 2.84. The smallest absolute Gasteiger partial charge is 0.444 e. The monoisotopic (exact) mass is 411 g/mol. The zero-order valence-electron chi connectivity index (χ0n) is 18.8. The number of amides is 1. The van der Waals surface area contributed by atoms with Gasteiger partial charge in [0.2, 0.25) is 0 Å². The van der Waals surface area contributed by atoms with Crippen molar-refractivity contribution in [3.63, 3.8) is 0 Å². The summed E-state index contributed by atoms with van der Waals surface area (Å²) in [5.74, 6) is 0. The van der Waals surface area contributed by atoms with Crippen molar-refractivity contribution in [2.45, 2.75) is 65.3 Å². The van der Waals surface area contributed by atoms with Crippen molar-refractivity contribution in [1.82, 2.24) is 15.3 Å². The number of ether oxygens (including phenoxy) is 1. The molecule has 0 bridgehead atoms. The van der Waals surface area contributed by atoms with Gasteiger partial charge in [0.05, 0.1) is 22.2 Å². The van der Waals surface area contributed by atoms with E-state index < -0.39 is 30.0 Å². The Morgan fingerprint density at radius 2 is 1.70 bits per heavy atom. The number of nitrogens with zero attached hydrogens (tertiary/aromatic N) is 2. The maximum absolute atomic E-state index is 12.2. The van der Waals surface area contributed by atoms with Gasteiger partial charge in [0.15, 0.2) is 0 Å². The number of benzene rings is 1. The van der Waals surface area contributed by atoms with E-state index in [1.807, 2.05) is 72.7 Å². The Labute approximate surface area is 178 Å². The van der Waals surface area contributed by atoms with Crippen molar-refractivity contribution in [1.29, 1.82) is 0 Å². The molecule has 160 valence electrons. The molecule has 0 unspecified atom stereocenters. The third kappa shape index (κ3) is 5.18. The summed E-state index contributed by atoms with van der Waals surface area (Å²) < 4.78 is 17.8. The second-order valence-electron chi connectivity index (χ2n) is 9.47. The molecular formula is C22H30BN3O4. The minimum atomic E-state index is -0.595. The Balaban J connectivity index is 1.88. The maximum atomic E-state index is 12.2. The molecule has 7 nitrogen and oxygen atoms in total. The molecule has 0 spiro atoms. The molecule has 1 aliphatic heterocycles. The molecule has 1 aliphatic rings. The van der Waals surface area contributed by atoms with Gasteiger partial charge in [0.25, 0.3) is 0 Å². The SMILES string of the molecule is CC(C)(C)OC(=O)NCC(=Cc1ccc2nccnc2c1)B1OC(C)(C)C(C)(C)O1. The molecule has 8 heteroatoms. The predicted octanol–water partition coefficient (Wildman–Crippen LogP) is 4.17. The molecule has 2 aromatic rings.